The molecule has 1 fully saturated rings. The van der Waals surface area contributed by atoms with Crippen molar-refractivity contribution in [3.63, 3.8) is 0 Å². The third-order valence-corrected chi connectivity index (χ3v) is 5.69. The Labute approximate surface area is 157 Å². The Hall–Kier alpha value is -2.47. The van der Waals surface area contributed by atoms with Gasteiger partial charge < -0.3 is 10.2 Å². The smallest absolute Gasteiger partial charge is 0.217 e. The van der Waals surface area contributed by atoms with Crippen molar-refractivity contribution in [2.45, 2.75) is 32.7 Å². The van der Waals surface area contributed by atoms with Gasteiger partial charge in [0.15, 0.2) is 0 Å². The zero-order valence-corrected chi connectivity index (χ0v) is 15.8. The average molecular weight is 366 g/mol. The Balaban J connectivity index is 1.71. The highest BCUT2D eigenvalue weighted by Crippen LogP contribution is 2.38. The van der Waals surface area contributed by atoms with Crippen LogP contribution in [0.3, 0.4) is 0 Å². The molecule has 0 atom stereocenters. The molecule has 1 N–H and O–H groups in total. The summed E-state index contributed by atoms with van der Waals surface area (Å²) < 4.78 is 0. The standard InChI is InChI=1S/C20H22N4OS/c1-13-21-19(24-10-8-16(9-11-24)23-14(2)25)18-17(12-26-20(18)22-13)15-6-4-3-5-7-15/h3-7,12,16H,8-11H2,1-2H3,(H,23,25). The van der Waals surface area contributed by atoms with Crippen LogP contribution in [0.2, 0.25) is 0 Å². The van der Waals surface area contributed by atoms with Gasteiger partial charge in [-0.1, -0.05) is 30.3 Å². The normalized spacial score (nSPS) is 15.4. The summed E-state index contributed by atoms with van der Waals surface area (Å²) >= 11 is 1.68. The molecule has 4 rings (SSSR count). The van der Waals surface area contributed by atoms with Crippen LogP contribution in [0.25, 0.3) is 21.3 Å². The van der Waals surface area contributed by atoms with Gasteiger partial charge in [-0.2, -0.15) is 0 Å². The fraction of sp³-hybridized carbons (Fsp3) is 0.350. The highest BCUT2D eigenvalue weighted by molar-refractivity contribution is 7.17. The lowest BCUT2D eigenvalue weighted by atomic mass is 10.0. The quantitative estimate of drug-likeness (QED) is 0.766. The van der Waals surface area contributed by atoms with Gasteiger partial charge >= 0.3 is 0 Å². The van der Waals surface area contributed by atoms with Crippen molar-refractivity contribution in [1.29, 1.82) is 0 Å². The second-order valence-corrected chi connectivity index (χ2v) is 7.61. The molecule has 5 nitrogen and oxygen atoms in total. The Morgan fingerprint density at radius 2 is 1.92 bits per heavy atom. The molecule has 6 heteroatoms. The molecule has 134 valence electrons. The lowest BCUT2D eigenvalue weighted by Gasteiger charge is -2.33. The van der Waals surface area contributed by atoms with Crippen LogP contribution in [0.1, 0.15) is 25.6 Å². The largest absolute Gasteiger partial charge is 0.356 e. The first-order valence-corrected chi connectivity index (χ1v) is 9.83. The molecule has 0 saturated carbocycles. The van der Waals surface area contributed by atoms with Gasteiger partial charge in [-0.3, -0.25) is 4.79 Å². The van der Waals surface area contributed by atoms with Gasteiger partial charge in [0.25, 0.3) is 0 Å². The summed E-state index contributed by atoms with van der Waals surface area (Å²) in [6, 6.07) is 10.7. The highest BCUT2D eigenvalue weighted by Gasteiger charge is 2.24. The van der Waals surface area contributed by atoms with Crippen LogP contribution in [-0.4, -0.2) is 35.0 Å². The predicted molar refractivity (Wildman–Crippen MR) is 107 cm³/mol. The van der Waals surface area contributed by atoms with Gasteiger partial charge in [0.2, 0.25) is 5.91 Å². The van der Waals surface area contributed by atoms with E-state index in [1.807, 2.05) is 13.0 Å². The van der Waals surface area contributed by atoms with E-state index in [1.54, 1.807) is 18.3 Å². The number of aryl methyl sites for hydroxylation is 1. The molecule has 1 amide bonds. The van der Waals surface area contributed by atoms with Crippen molar-refractivity contribution in [1.82, 2.24) is 15.3 Å². The first-order valence-electron chi connectivity index (χ1n) is 8.95. The van der Waals surface area contributed by atoms with Gasteiger partial charge in [-0.15, -0.1) is 11.3 Å². The van der Waals surface area contributed by atoms with Gasteiger partial charge in [-0.25, -0.2) is 9.97 Å². The minimum Gasteiger partial charge on any atom is -0.356 e. The van der Waals surface area contributed by atoms with E-state index < -0.39 is 0 Å². The number of anilines is 1. The third-order valence-electron chi connectivity index (χ3n) is 4.81. The van der Waals surface area contributed by atoms with Crippen molar-refractivity contribution in [2.24, 2.45) is 0 Å². The summed E-state index contributed by atoms with van der Waals surface area (Å²) in [7, 11) is 0. The highest BCUT2D eigenvalue weighted by atomic mass is 32.1. The van der Waals surface area contributed by atoms with E-state index in [2.05, 4.69) is 44.8 Å². The van der Waals surface area contributed by atoms with E-state index >= 15 is 0 Å². The van der Waals surface area contributed by atoms with Crippen LogP contribution < -0.4 is 10.2 Å². The number of nitrogens with zero attached hydrogens (tertiary/aromatic N) is 3. The zero-order valence-electron chi connectivity index (χ0n) is 15.0. The molecule has 0 radical (unpaired) electrons. The van der Waals surface area contributed by atoms with E-state index in [4.69, 9.17) is 4.98 Å². The second-order valence-electron chi connectivity index (χ2n) is 6.75. The zero-order chi connectivity index (χ0) is 18.1. The molecule has 0 bridgehead atoms. The topological polar surface area (TPSA) is 58.1 Å². The number of amides is 1. The number of carbonyl (C=O) groups excluding carboxylic acids is 1. The van der Waals surface area contributed by atoms with Gasteiger partial charge in [0.1, 0.15) is 16.5 Å². The minimum atomic E-state index is 0.0490. The van der Waals surface area contributed by atoms with Crippen LogP contribution in [0.4, 0.5) is 5.82 Å². The van der Waals surface area contributed by atoms with Gasteiger partial charge in [0.05, 0.1) is 5.39 Å². The fourth-order valence-electron chi connectivity index (χ4n) is 3.61. The number of nitrogens with one attached hydrogen (secondary N) is 1. The number of carbonyl (C=O) groups is 1. The number of rotatable bonds is 3. The molecule has 0 aliphatic carbocycles. The lowest BCUT2D eigenvalue weighted by Crippen LogP contribution is -2.44. The van der Waals surface area contributed by atoms with E-state index in [9.17, 15) is 4.79 Å². The number of benzene rings is 1. The first-order chi connectivity index (χ1) is 12.6. The number of aromatic nitrogens is 2. The van der Waals surface area contributed by atoms with Crippen LogP contribution in [0.15, 0.2) is 35.7 Å². The second kappa shape index (κ2) is 7.03. The third kappa shape index (κ3) is 3.29. The van der Waals surface area contributed by atoms with Crippen LogP contribution in [0, 0.1) is 6.92 Å². The van der Waals surface area contributed by atoms with Gasteiger partial charge in [0, 0.05) is 37.0 Å². The summed E-state index contributed by atoms with van der Waals surface area (Å²) in [4.78, 5) is 24.1. The minimum absolute atomic E-state index is 0.0490. The van der Waals surface area contributed by atoms with Crippen molar-refractivity contribution < 1.29 is 4.79 Å². The van der Waals surface area contributed by atoms with Crippen molar-refractivity contribution in [3.05, 3.63) is 41.5 Å². The summed E-state index contributed by atoms with van der Waals surface area (Å²) in [5.74, 6) is 1.87. The number of piperidine rings is 1. The maximum absolute atomic E-state index is 11.3. The molecule has 1 aromatic carbocycles. The molecule has 2 aromatic heterocycles. The number of fused-ring (bicyclic) bond motifs is 1. The Kier molecular flexibility index (Phi) is 4.59. The SMILES string of the molecule is CC(=O)NC1CCN(c2nc(C)nc3scc(-c4ccccc4)c23)CC1. The van der Waals surface area contributed by atoms with Crippen LogP contribution in [0.5, 0.6) is 0 Å². The van der Waals surface area contributed by atoms with Crippen molar-refractivity contribution in [3.8, 4) is 11.1 Å². The first kappa shape index (κ1) is 17.0. The lowest BCUT2D eigenvalue weighted by molar-refractivity contribution is -0.119. The summed E-state index contributed by atoms with van der Waals surface area (Å²) in [6.45, 7) is 5.32. The molecule has 3 heterocycles. The van der Waals surface area contributed by atoms with Crippen LogP contribution >= 0.6 is 11.3 Å². The molecule has 0 spiro atoms. The monoisotopic (exact) mass is 366 g/mol. The van der Waals surface area contributed by atoms with E-state index in [-0.39, 0.29) is 11.9 Å². The maximum Gasteiger partial charge on any atom is 0.217 e. The van der Waals surface area contributed by atoms with E-state index in [0.29, 0.717) is 0 Å². The molecule has 1 aliphatic heterocycles. The fourth-order valence-corrected chi connectivity index (χ4v) is 4.60. The summed E-state index contributed by atoms with van der Waals surface area (Å²) in [5, 5.41) is 6.36. The van der Waals surface area contributed by atoms with E-state index in [0.717, 1.165) is 47.8 Å². The Morgan fingerprint density at radius 3 is 2.62 bits per heavy atom. The molecule has 0 unspecified atom stereocenters. The van der Waals surface area contributed by atoms with E-state index in [1.165, 1.54) is 11.1 Å². The summed E-state index contributed by atoms with van der Waals surface area (Å²) in [5.41, 5.74) is 2.39. The van der Waals surface area contributed by atoms with Crippen LogP contribution in [-0.2, 0) is 4.79 Å². The molecule has 1 saturated heterocycles. The maximum atomic E-state index is 11.3. The molecular weight excluding hydrogens is 344 g/mol. The molecule has 3 aromatic rings. The average Bonchev–Trinajstić information content (AvgIpc) is 3.06. The van der Waals surface area contributed by atoms with Gasteiger partial charge in [-0.05, 0) is 25.3 Å². The molecule has 1 aliphatic rings. The number of hydrogen-bond acceptors (Lipinski definition) is 5. The molecular formula is C20H22N4OS. The number of thiophene rings is 1. The number of hydrogen-bond donors (Lipinski definition) is 1. The predicted octanol–water partition coefficient (Wildman–Crippen LogP) is 3.77. The van der Waals surface area contributed by atoms with Crippen molar-refractivity contribution >= 4 is 33.3 Å². The Morgan fingerprint density at radius 1 is 1.19 bits per heavy atom. The van der Waals surface area contributed by atoms with Crippen molar-refractivity contribution in [2.75, 3.05) is 18.0 Å². The summed E-state index contributed by atoms with van der Waals surface area (Å²) in [6.07, 6.45) is 1.88. The Bertz CT molecular complexity index is 930. The molecule has 26 heavy (non-hydrogen) atoms.